The van der Waals surface area contributed by atoms with Crippen LogP contribution in [-0.2, 0) is 9.59 Å². The highest BCUT2D eigenvalue weighted by molar-refractivity contribution is 5.77. The average Bonchev–Trinajstić information content (AvgIpc) is 2.01. The summed E-state index contributed by atoms with van der Waals surface area (Å²) in [6.07, 6.45) is 1.27. The molecule has 0 aromatic heterocycles. The Morgan fingerprint density at radius 1 is 1.57 bits per heavy atom. The molecule has 0 aromatic carbocycles. The molecular formula is C9H16N2O3. The summed E-state index contributed by atoms with van der Waals surface area (Å²) >= 11 is 0. The summed E-state index contributed by atoms with van der Waals surface area (Å²) in [5.41, 5.74) is 0. The molecule has 0 unspecified atom stereocenters. The first-order valence-electron chi connectivity index (χ1n) is 4.81. The molecule has 1 fully saturated rings. The highest BCUT2D eigenvalue weighted by Crippen LogP contribution is 2.14. The zero-order valence-corrected chi connectivity index (χ0v) is 8.56. The van der Waals surface area contributed by atoms with Gasteiger partial charge in [-0.15, -0.1) is 0 Å². The van der Waals surface area contributed by atoms with Crippen molar-refractivity contribution in [3.05, 3.63) is 0 Å². The Morgan fingerprint density at radius 2 is 2.21 bits per heavy atom. The first-order valence-corrected chi connectivity index (χ1v) is 4.81. The molecule has 1 aliphatic rings. The fourth-order valence-corrected chi connectivity index (χ4v) is 1.72. The molecule has 5 heteroatoms. The van der Waals surface area contributed by atoms with Gasteiger partial charge in [-0.2, -0.15) is 0 Å². The number of aliphatic carboxylic acids is 1. The van der Waals surface area contributed by atoms with E-state index < -0.39 is 5.97 Å². The van der Waals surface area contributed by atoms with Crippen LogP contribution in [0.3, 0.4) is 0 Å². The van der Waals surface area contributed by atoms with Crippen molar-refractivity contribution in [2.24, 2.45) is 0 Å². The van der Waals surface area contributed by atoms with Gasteiger partial charge in [-0.25, -0.2) is 5.01 Å². The number of nitrogens with zero attached hydrogens (tertiary/aromatic N) is 2. The smallest absolute Gasteiger partial charge is 0.319 e. The van der Waals surface area contributed by atoms with Crippen molar-refractivity contribution in [2.45, 2.75) is 32.7 Å². The van der Waals surface area contributed by atoms with Crippen LogP contribution in [0.5, 0.6) is 0 Å². The Morgan fingerprint density at radius 3 is 2.71 bits per heavy atom. The van der Waals surface area contributed by atoms with E-state index in [2.05, 4.69) is 0 Å². The van der Waals surface area contributed by atoms with Gasteiger partial charge in [0.1, 0.15) is 6.54 Å². The second-order valence-corrected chi connectivity index (χ2v) is 3.72. The zero-order valence-electron chi connectivity index (χ0n) is 8.56. The van der Waals surface area contributed by atoms with E-state index in [1.54, 1.807) is 10.0 Å². The van der Waals surface area contributed by atoms with Crippen molar-refractivity contribution in [3.63, 3.8) is 0 Å². The summed E-state index contributed by atoms with van der Waals surface area (Å²) in [7, 11) is 0. The molecule has 1 aliphatic heterocycles. The van der Waals surface area contributed by atoms with E-state index in [0.29, 0.717) is 13.0 Å². The number of amides is 1. The predicted molar refractivity (Wildman–Crippen MR) is 50.4 cm³/mol. The maximum atomic E-state index is 11.5. The van der Waals surface area contributed by atoms with Gasteiger partial charge in [-0.3, -0.25) is 14.6 Å². The van der Waals surface area contributed by atoms with Gasteiger partial charge in [-0.05, 0) is 20.3 Å². The van der Waals surface area contributed by atoms with Crippen molar-refractivity contribution in [1.82, 2.24) is 10.0 Å². The fraction of sp³-hybridized carbons (Fsp3) is 0.778. The van der Waals surface area contributed by atoms with E-state index in [0.717, 1.165) is 6.42 Å². The molecule has 80 valence electrons. The van der Waals surface area contributed by atoms with Crippen LogP contribution in [0.4, 0.5) is 0 Å². The van der Waals surface area contributed by atoms with Gasteiger partial charge in [0.2, 0.25) is 5.91 Å². The fourth-order valence-electron chi connectivity index (χ4n) is 1.72. The van der Waals surface area contributed by atoms with Crippen LogP contribution in [0.25, 0.3) is 0 Å². The lowest BCUT2D eigenvalue weighted by atomic mass is 10.2. The highest BCUT2D eigenvalue weighted by Gasteiger charge is 2.29. The molecule has 0 aromatic rings. The van der Waals surface area contributed by atoms with Crippen molar-refractivity contribution in [1.29, 1.82) is 0 Å². The molecule has 1 N–H and O–H groups in total. The zero-order chi connectivity index (χ0) is 10.7. The standard InChI is InChI=1S/C9H16N2O3/c1-7(2)11-8(12)4-3-5-10(11)6-9(13)14/h7H,3-6H2,1-2H3,(H,13,14). The third kappa shape index (κ3) is 2.45. The van der Waals surface area contributed by atoms with E-state index in [9.17, 15) is 9.59 Å². The van der Waals surface area contributed by atoms with Crippen LogP contribution in [0, 0.1) is 0 Å². The van der Waals surface area contributed by atoms with Gasteiger partial charge in [-0.1, -0.05) is 0 Å². The number of carbonyl (C=O) groups is 2. The Hall–Kier alpha value is -1.10. The van der Waals surface area contributed by atoms with Crippen LogP contribution in [-0.4, -0.2) is 46.1 Å². The third-order valence-corrected chi connectivity index (χ3v) is 2.17. The van der Waals surface area contributed by atoms with E-state index >= 15 is 0 Å². The SMILES string of the molecule is CC(C)N1C(=O)CCCN1CC(=O)O. The van der Waals surface area contributed by atoms with Gasteiger partial charge in [0.05, 0.1) is 0 Å². The monoisotopic (exact) mass is 200 g/mol. The molecule has 1 rings (SSSR count). The number of hydrogen-bond donors (Lipinski definition) is 1. The minimum Gasteiger partial charge on any atom is -0.480 e. The Balaban J connectivity index is 2.69. The van der Waals surface area contributed by atoms with E-state index in [1.807, 2.05) is 13.8 Å². The largest absolute Gasteiger partial charge is 0.480 e. The predicted octanol–water partition coefficient (Wildman–Crippen LogP) is 0.319. The van der Waals surface area contributed by atoms with E-state index in [1.165, 1.54) is 0 Å². The van der Waals surface area contributed by atoms with Crippen LogP contribution in [0.1, 0.15) is 26.7 Å². The van der Waals surface area contributed by atoms with E-state index in [-0.39, 0.29) is 18.5 Å². The molecule has 0 atom stereocenters. The summed E-state index contributed by atoms with van der Waals surface area (Å²) < 4.78 is 0. The van der Waals surface area contributed by atoms with Gasteiger partial charge < -0.3 is 5.11 Å². The lowest BCUT2D eigenvalue weighted by Gasteiger charge is -2.40. The minimum absolute atomic E-state index is 0.0208. The molecule has 14 heavy (non-hydrogen) atoms. The van der Waals surface area contributed by atoms with Crippen molar-refractivity contribution < 1.29 is 14.7 Å². The number of carboxylic acids is 1. The number of rotatable bonds is 3. The van der Waals surface area contributed by atoms with Crippen LogP contribution >= 0.6 is 0 Å². The quantitative estimate of drug-likeness (QED) is 0.712. The van der Waals surface area contributed by atoms with Gasteiger partial charge in [0, 0.05) is 19.0 Å². The molecule has 0 radical (unpaired) electrons. The molecule has 0 saturated carbocycles. The number of hydrazine groups is 1. The first-order chi connectivity index (χ1) is 6.52. The highest BCUT2D eigenvalue weighted by atomic mass is 16.4. The van der Waals surface area contributed by atoms with Crippen LogP contribution < -0.4 is 0 Å². The number of hydrogen-bond acceptors (Lipinski definition) is 3. The second kappa shape index (κ2) is 4.41. The lowest BCUT2D eigenvalue weighted by molar-refractivity contribution is -0.166. The van der Waals surface area contributed by atoms with Crippen molar-refractivity contribution in [2.75, 3.05) is 13.1 Å². The number of carboxylic acid groups (broad SMARTS) is 1. The van der Waals surface area contributed by atoms with Crippen LogP contribution in [0.15, 0.2) is 0 Å². The number of carbonyl (C=O) groups excluding carboxylic acids is 1. The molecule has 0 spiro atoms. The third-order valence-electron chi connectivity index (χ3n) is 2.17. The summed E-state index contributed by atoms with van der Waals surface area (Å²) in [5, 5.41) is 11.8. The summed E-state index contributed by atoms with van der Waals surface area (Å²) in [6, 6.07) is 0.0298. The molecule has 5 nitrogen and oxygen atoms in total. The molecule has 1 heterocycles. The van der Waals surface area contributed by atoms with Crippen molar-refractivity contribution in [3.8, 4) is 0 Å². The Labute approximate surface area is 83.3 Å². The average molecular weight is 200 g/mol. The summed E-state index contributed by atoms with van der Waals surface area (Å²) in [6.45, 7) is 4.33. The van der Waals surface area contributed by atoms with Gasteiger partial charge >= 0.3 is 5.97 Å². The minimum atomic E-state index is -0.898. The van der Waals surface area contributed by atoms with Crippen molar-refractivity contribution >= 4 is 11.9 Å². The first kappa shape index (κ1) is 11.0. The van der Waals surface area contributed by atoms with Gasteiger partial charge in [0.15, 0.2) is 0 Å². The van der Waals surface area contributed by atoms with Gasteiger partial charge in [0.25, 0.3) is 0 Å². The maximum absolute atomic E-state index is 11.5. The molecular weight excluding hydrogens is 184 g/mol. The van der Waals surface area contributed by atoms with Crippen LogP contribution in [0.2, 0.25) is 0 Å². The molecule has 0 bridgehead atoms. The molecule has 0 aliphatic carbocycles. The second-order valence-electron chi connectivity index (χ2n) is 3.72. The summed E-state index contributed by atoms with van der Waals surface area (Å²) in [5.74, 6) is -0.877. The normalized spacial score (nSPS) is 19.1. The Kier molecular flexibility index (Phi) is 3.46. The topological polar surface area (TPSA) is 60.9 Å². The Bertz CT molecular complexity index is 240. The maximum Gasteiger partial charge on any atom is 0.319 e. The molecule has 1 amide bonds. The lowest BCUT2D eigenvalue weighted by Crippen LogP contribution is -2.55. The van der Waals surface area contributed by atoms with E-state index in [4.69, 9.17) is 5.11 Å². The summed E-state index contributed by atoms with van der Waals surface area (Å²) in [4.78, 5) is 22.1. The molecule has 1 saturated heterocycles.